The summed E-state index contributed by atoms with van der Waals surface area (Å²) in [5, 5.41) is 11.3. The maximum absolute atomic E-state index is 10.9. The molecule has 1 atom stereocenters. The van der Waals surface area contributed by atoms with Crippen molar-refractivity contribution in [3.05, 3.63) is 35.9 Å². The van der Waals surface area contributed by atoms with Gasteiger partial charge in [0.25, 0.3) is 0 Å². The van der Waals surface area contributed by atoms with Crippen LogP contribution in [0.25, 0.3) is 0 Å². The van der Waals surface area contributed by atoms with Crippen molar-refractivity contribution in [1.29, 1.82) is 5.26 Å². The molecule has 0 saturated carbocycles. The van der Waals surface area contributed by atoms with Crippen LogP contribution in [0.4, 0.5) is 4.79 Å². The van der Waals surface area contributed by atoms with E-state index in [9.17, 15) is 4.79 Å². The zero-order valence-corrected chi connectivity index (χ0v) is 8.43. The highest BCUT2D eigenvalue weighted by molar-refractivity contribution is 5.67. The largest absolute Gasteiger partial charge is 0.453 e. The molecule has 0 aliphatic heterocycles. The summed E-state index contributed by atoms with van der Waals surface area (Å²) < 4.78 is 4.42. The van der Waals surface area contributed by atoms with E-state index >= 15 is 0 Å². The lowest BCUT2D eigenvalue weighted by atomic mass is 10.1. The quantitative estimate of drug-likeness (QED) is 0.811. The van der Waals surface area contributed by atoms with Crippen molar-refractivity contribution in [2.24, 2.45) is 0 Å². The van der Waals surface area contributed by atoms with E-state index < -0.39 is 12.1 Å². The number of rotatable bonds is 3. The topological polar surface area (TPSA) is 62.1 Å². The molecule has 0 aliphatic carbocycles. The molecule has 1 rings (SSSR count). The highest BCUT2D eigenvalue weighted by Crippen LogP contribution is 2.02. The number of nitrogens with zero attached hydrogens (tertiary/aromatic N) is 1. The molecule has 0 radical (unpaired) electrons. The zero-order chi connectivity index (χ0) is 11.1. The van der Waals surface area contributed by atoms with Crippen molar-refractivity contribution in [3.8, 4) is 6.07 Å². The van der Waals surface area contributed by atoms with Crippen molar-refractivity contribution >= 4 is 6.09 Å². The molecule has 0 bridgehead atoms. The van der Waals surface area contributed by atoms with Gasteiger partial charge in [0.1, 0.15) is 6.04 Å². The molecule has 15 heavy (non-hydrogen) atoms. The molecule has 1 N–H and O–H groups in total. The predicted molar refractivity (Wildman–Crippen MR) is 55.1 cm³/mol. The number of nitrogens with one attached hydrogen (secondary N) is 1. The van der Waals surface area contributed by atoms with Gasteiger partial charge in [-0.2, -0.15) is 5.26 Å². The normalized spacial score (nSPS) is 11.2. The van der Waals surface area contributed by atoms with Crippen molar-refractivity contribution < 1.29 is 9.53 Å². The van der Waals surface area contributed by atoms with E-state index in [0.717, 1.165) is 5.56 Å². The summed E-state index contributed by atoms with van der Waals surface area (Å²) in [4.78, 5) is 10.9. The smallest absolute Gasteiger partial charge is 0.407 e. The minimum atomic E-state index is -0.586. The van der Waals surface area contributed by atoms with Gasteiger partial charge in [-0.25, -0.2) is 4.79 Å². The van der Waals surface area contributed by atoms with Crippen LogP contribution in [-0.4, -0.2) is 19.2 Å². The van der Waals surface area contributed by atoms with E-state index in [1.165, 1.54) is 7.11 Å². The van der Waals surface area contributed by atoms with Gasteiger partial charge in [0.15, 0.2) is 0 Å². The number of carbonyl (C=O) groups is 1. The Labute approximate surface area is 88.5 Å². The van der Waals surface area contributed by atoms with Gasteiger partial charge in [0, 0.05) is 6.42 Å². The molecule has 4 nitrogen and oxygen atoms in total. The number of hydrogen-bond donors (Lipinski definition) is 1. The predicted octanol–water partition coefficient (Wildman–Crippen LogP) is 1.48. The van der Waals surface area contributed by atoms with Gasteiger partial charge in [-0.15, -0.1) is 0 Å². The Hall–Kier alpha value is -2.02. The van der Waals surface area contributed by atoms with Crippen LogP contribution in [0.3, 0.4) is 0 Å². The lowest BCUT2D eigenvalue weighted by molar-refractivity contribution is 0.169. The van der Waals surface area contributed by atoms with Crippen molar-refractivity contribution in [2.45, 2.75) is 12.5 Å². The Bertz CT molecular complexity index is 357. The van der Waals surface area contributed by atoms with Crippen LogP contribution in [0.2, 0.25) is 0 Å². The first-order valence-corrected chi connectivity index (χ1v) is 4.54. The van der Waals surface area contributed by atoms with Gasteiger partial charge < -0.3 is 10.1 Å². The fourth-order valence-corrected chi connectivity index (χ4v) is 1.18. The Morgan fingerprint density at radius 2 is 2.20 bits per heavy atom. The van der Waals surface area contributed by atoms with Crippen LogP contribution in [0.1, 0.15) is 5.56 Å². The number of hydrogen-bond acceptors (Lipinski definition) is 3. The van der Waals surface area contributed by atoms with Crippen molar-refractivity contribution in [3.63, 3.8) is 0 Å². The summed E-state index contributed by atoms with van der Waals surface area (Å²) in [5.41, 5.74) is 1.00. The first-order valence-electron chi connectivity index (χ1n) is 4.54. The van der Waals surface area contributed by atoms with E-state index in [1.807, 2.05) is 36.4 Å². The minimum absolute atomic E-state index is 0.479. The number of methoxy groups -OCH3 is 1. The van der Waals surface area contributed by atoms with Gasteiger partial charge >= 0.3 is 6.09 Å². The molecule has 0 heterocycles. The first-order chi connectivity index (χ1) is 7.26. The maximum Gasteiger partial charge on any atom is 0.407 e. The molecule has 0 spiro atoms. The molecular weight excluding hydrogens is 192 g/mol. The van der Waals surface area contributed by atoms with E-state index in [2.05, 4.69) is 10.1 Å². The molecule has 1 aromatic carbocycles. The molecule has 4 heteroatoms. The van der Waals surface area contributed by atoms with Crippen LogP contribution < -0.4 is 5.32 Å². The lowest BCUT2D eigenvalue weighted by Crippen LogP contribution is -2.35. The van der Waals surface area contributed by atoms with Gasteiger partial charge in [0.2, 0.25) is 0 Å². The van der Waals surface area contributed by atoms with Crippen LogP contribution in [-0.2, 0) is 11.2 Å². The second kappa shape index (κ2) is 5.66. The molecule has 1 aromatic rings. The second-order valence-electron chi connectivity index (χ2n) is 3.01. The van der Waals surface area contributed by atoms with E-state index in [1.54, 1.807) is 0 Å². The van der Waals surface area contributed by atoms with E-state index in [4.69, 9.17) is 5.26 Å². The molecule has 1 unspecified atom stereocenters. The first kappa shape index (κ1) is 11.1. The average molecular weight is 204 g/mol. The molecule has 1 amide bonds. The summed E-state index contributed by atoms with van der Waals surface area (Å²) >= 11 is 0. The van der Waals surface area contributed by atoms with Crippen molar-refractivity contribution in [2.75, 3.05) is 7.11 Å². The van der Waals surface area contributed by atoms with Gasteiger partial charge in [-0.1, -0.05) is 30.3 Å². The molecule has 0 aromatic heterocycles. The van der Waals surface area contributed by atoms with Crippen LogP contribution in [0.15, 0.2) is 30.3 Å². The van der Waals surface area contributed by atoms with E-state index in [0.29, 0.717) is 6.42 Å². The Balaban J connectivity index is 2.55. The van der Waals surface area contributed by atoms with Crippen LogP contribution in [0.5, 0.6) is 0 Å². The lowest BCUT2D eigenvalue weighted by Gasteiger charge is -2.10. The third kappa shape index (κ3) is 3.69. The second-order valence-corrected chi connectivity index (χ2v) is 3.01. The highest BCUT2D eigenvalue weighted by atomic mass is 16.5. The third-order valence-corrected chi connectivity index (χ3v) is 1.92. The van der Waals surface area contributed by atoms with Gasteiger partial charge in [-0.3, -0.25) is 0 Å². The molecule has 0 aliphatic rings. The average Bonchev–Trinajstić information content (AvgIpc) is 2.29. The fraction of sp³-hybridized carbons (Fsp3) is 0.273. The van der Waals surface area contributed by atoms with Gasteiger partial charge in [0.05, 0.1) is 13.2 Å². The summed E-state index contributed by atoms with van der Waals surface area (Å²) in [6.07, 6.45) is -0.107. The number of benzene rings is 1. The van der Waals surface area contributed by atoms with E-state index in [-0.39, 0.29) is 0 Å². The maximum atomic E-state index is 10.9. The minimum Gasteiger partial charge on any atom is -0.453 e. The number of carbonyl (C=O) groups excluding carboxylic acids is 1. The Kier molecular flexibility index (Phi) is 4.17. The monoisotopic (exact) mass is 204 g/mol. The SMILES string of the molecule is COC(=O)NC(C#N)Cc1ccccc1. The van der Waals surface area contributed by atoms with Crippen LogP contribution >= 0.6 is 0 Å². The fourth-order valence-electron chi connectivity index (χ4n) is 1.18. The highest BCUT2D eigenvalue weighted by Gasteiger charge is 2.11. The number of ether oxygens (including phenoxy) is 1. The number of nitriles is 1. The summed E-state index contributed by atoms with van der Waals surface area (Å²) in [5.74, 6) is 0. The van der Waals surface area contributed by atoms with Gasteiger partial charge in [-0.05, 0) is 5.56 Å². The Morgan fingerprint density at radius 1 is 1.53 bits per heavy atom. The summed E-state index contributed by atoms with van der Waals surface area (Å²) in [6, 6.07) is 10.9. The van der Waals surface area contributed by atoms with Crippen molar-refractivity contribution in [1.82, 2.24) is 5.32 Å². The third-order valence-electron chi connectivity index (χ3n) is 1.92. The van der Waals surface area contributed by atoms with Crippen LogP contribution in [0, 0.1) is 11.3 Å². The molecular formula is C11H12N2O2. The molecule has 0 saturated heterocycles. The summed E-state index contributed by atoms with van der Waals surface area (Å²) in [7, 11) is 1.27. The number of alkyl carbamates (subject to hydrolysis) is 1. The zero-order valence-electron chi connectivity index (χ0n) is 8.43. The Morgan fingerprint density at radius 3 is 2.73 bits per heavy atom. The molecule has 78 valence electrons. The number of amides is 1. The summed E-state index contributed by atoms with van der Waals surface area (Å²) in [6.45, 7) is 0. The standard InChI is InChI=1S/C11H12N2O2/c1-15-11(14)13-10(8-12)7-9-5-3-2-4-6-9/h2-6,10H,7H2,1H3,(H,13,14). The molecule has 0 fully saturated rings.